The van der Waals surface area contributed by atoms with Crippen molar-refractivity contribution in [3.05, 3.63) is 128 Å². The minimum atomic E-state index is -0.0384. The number of piperidine rings is 1. The van der Waals surface area contributed by atoms with Crippen molar-refractivity contribution in [2.45, 2.75) is 50.0 Å². The molecule has 1 saturated carbocycles. The normalized spacial score (nSPS) is 20.5. The number of hydrogen-bond acceptors (Lipinski definition) is 2. The van der Waals surface area contributed by atoms with Gasteiger partial charge in [0, 0.05) is 11.8 Å². The van der Waals surface area contributed by atoms with Gasteiger partial charge in [-0.3, -0.25) is 0 Å². The Morgan fingerprint density at radius 1 is 0.667 bits per heavy atom. The number of nitrogens with zero attached hydrogens (tertiary/aromatic N) is 16. The predicted molar refractivity (Wildman–Crippen MR) is 161 cm³/mol. The van der Waals surface area contributed by atoms with E-state index in [1.807, 2.05) is 5.01 Å². The molecule has 0 spiro atoms. The fraction of sp³-hybridized carbons (Fsp3) is 0.290. The largest absolute Gasteiger partial charge is 0.237 e. The van der Waals surface area contributed by atoms with Crippen LogP contribution in [0.4, 0.5) is 0 Å². The van der Waals surface area contributed by atoms with E-state index in [4.69, 9.17) is 5.53 Å². The molecule has 2 fully saturated rings. The maximum Gasteiger partial charge on any atom is 0.0903 e. The fourth-order valence-electron chi connectivity index (χ4n) is 5.82. The molecule has 1 unspecified atom stereocenters. The summed E-state index contributed by atoms with van der Waals surface area (Å²) in [4.78, 5) is 0. The monoisotopic (exact) mass is 631 g/mol. The summed E-state index contributed by atoms with van der Waals surface area (Å²) in [5.74, 6) is 0.369. The topological polar surface area (TPSA) is 212 Å². The second-order valence-electron chi connectivity index (χ2n) is 9.56. The summed E-state index contributed by atoms with van der Waals surface area (Å²) in [6.45, 7) is 3.35. The number of hydrogen-bond donors (Lipinski definition) is 1. The van der Waals surface area contributed by atoms with E-state index in [1.165, 1.54) is 11.1 Å². The van der Waals surface area contributed by atoms with Crippen molar-refractivity contribution in [1.82, 2.24) is 5.01 Å². The maximum absolute atomic E-state index is 6.37. The van der Waals surface area contributed by atoms with E-state index >= 15 is 0 Å². The number of fused-ring (bicyclic) bond motifs is 1. The number of benzene rings is 1. The Balaban J connectivity index is 1.63. The lowest BCUT2D eigenvalue weighted by atomic mass is 9.52. The first-order valence-corrected chi connectivity index (χ1v) is 14.0. The van der Waals surface area contributed by atoms with E-state index in [1.54, 1.807) is 0 Å². The molecule has 1 N–H and O–H groups in total. The van der Waals surface area contributed by atoms with Crippen molar-refractivity contribution >= 4 is 0 Å². The standard InChI is InChI=1S/C31H21N17/c1-2-3-4-5-6-7-8-9-10-11-12-13-14-20-27-25-31-23-18-17-22-29(31)30(24-26-19-15-16-21-28(26)31)48(27)47-46-45-44-43-42-41-40-39-38-37-36-35-34-33-32/h15-16,19,21,29-30,32H,1,17-18,22-25H2/b33-32?,35-34+,37-36+,39-38+,41-40+,43-42+,45-44+,47-46+/t29?,30-,31+/m0/s1. The van der Waals surface area contributed by atoms with Gasteiger partial charge in [0.05, 0.1) is 11.7 Å². The molecule has 4 rings (SSSR count). The van der Waals surface area contributed by atoms with Gasteiger partial charge < -0.3 is 0 Å². The Labute approximate surface area is 272 Å². The van der Waals surface area contributed by atoms with Crippen molar-refractivity contribution in [3.63, 3.8) is 0 Å². The molecule has 2 bridgehead atoms. The van der Waals surface area contributed by atoms with E-state index in [-0.39, 0.29) is 11.5 Å². The van der Waals surface area contributed by atoms with Gasteiger partial charge in [-0.15, -0.1) is 0 Å². The van der Waals surface area contributed by atoms with E-state index in [0.717, 1.165) is 37.8 Å². The third-order valence-corrected chi connectivity index (χ3v) is 7.26. The van der Waals surface area contributed by atoms with Crippen LogP contribution in [0.3, 0.4) is 0 Å². The van der Waals surface area contributed by atoms with Crippen LogP contribution in [0.1, 0.15) is 43.2 Å². The first-order valence-electron chi connectivity index (χ1n) is 14.0. The van der Waals surface area contributed by atoms with Crippen LogP contribution >= 0.6 is 0 Å². The van der Waals surface area contributed by atoms with Gasteiger partial charge >= 0.3 is 0 Å². The first kappa shape index (κ1) is 33.4. The van der Waals surface area contributed by atoms with Gasteiger partial charge in [-0.05, 0) is 196 Å². The van der Waals surface area contributed by atoms with Crippen LogP contribution in [0, 0.1) is 11.4 Å². The minimum absolute atomic E-state index is 0.0254. The average Bonchev–Trinajstić information content (AvgIpc) is 3.11. The van der Waals surface area contributed by atoms with Gasteiger partial charge in [0.2, 0.25) is 0 Å². The number of allylic oxidation sites excluding steroid dienone is 1. The summed E-state index contributed by atoms with van der Waals surface area (Å²) >= 11 is 0. The Morgan fingerprint density at radius 2 is 1.21 bits per heavy atom. The second-order valence-corrected chi connectivity index (χ2v) is 9.56. The predicted octanol–water partition coefficient (Wildman–Crippen LogP) is 8.95. The lowest BCUT2D eigenvalue weighted by Gasteiger charge is -2.57. The van der Waals surface area contributed by atoms with Crippen molar-refractivity contribution in [2.75, 3.05) is 0 Å². The fourth-order valence-corrected chi connectivity index (χ4v) is 5.82. The molecular weight excluding hydrogens is 610 g/mol. The van der Waals surface area contributed by atoms with Gasteiger partial charge in [-0.1, -0.05) is 42.8 Å². The molecule has 1 aromatic rings. The zero-order chi connectivity index (χ0) is 33.5. The number of rotatable bonds is 8. The molecule has 0 amide bonds. The molecule has 1 saturated heterocycles. The Kier molecular flexibility index (Phi) is 13.2. The third-order valence-electron chi connectivity index (χ3n) is 7.26. The molecule has 17 nitrogen and oxygen atoms in total. The van der Waals surface area contributed by atoms with Crippen LogP contribution < -0.4 is 0 Å². The van der Waals surface area contributed by atoms with Gasteiger partial charge in [-0.2, -0.15) is 5.53 Å². The molecule has 2 aliphatic carbocycles. The summed E-state index contributed by atoms with van der Waals surface area (Å²) < 4.78 is 0. The summed E-state index contributed by atoms with van der Waals surface area (Å²) in [5.41, 5.74) is 46.8. The molecule has 3 aliphatic rings. The summed E-state index contributed by atoms with van der Waals surface area (Å²) in [7, 11) is 0. The molecule has 3 atom stereocenters. The molecule has 230 valence electrons. The highest BCUT2D eigenvalue weighted by atomic mass is 15.7. The van der Waals surface area contributed by atoms with Crippen LogP contribution in [0.5, 0.6) is 0 Å². The molecule has 1 heterocycles. The summed E-state index contributed by atoms with van der Waals surface area (Å²) in [5, 5.41) is 50.9. The lowest BCUT2D eigenvalue weighted by Crippen LogP contribution is -2.58. The average molecular weight is 632 g/mol. The Bertz CT molecular complexity index is 2170. The summed E-state index contributed by atoms with van der Waals surface area (Å²) in [6.07, 6.45) is 5.92. The van der Waals surface area contributed by atoms with Crippen LogP contribution in [0.2, 0.25) is 0 Å². The molecule has 17 heteroatoms. The maximum atomic E-state index is 6.37. The third kappa shape index (κ3) is 9.49. The SMILES string of the molecule is C=C=C=C=C=C=C=C=C=C=C=C=C=C=C=C1C[C@@]23CCCCC2[C@H](Cc2ccccc23)N1/N=N/N=N/N=N/N=N/N=N/N=N/N=N/N=N. The highest BCUT2D eigenvalue weighted by Gasteiger charge is 2.55. The van der Waals surface area contributed by atoms with Gasteiger partial charge in [0.25, 0.3) is 0 Å². The minimum Gasteiger partial charge on any atom is -0.237 e. The van der Waals surface area contributed by atoms with E-state index in [0.29, 0.717) is 12.3 Å². The molecular formula is C31H21N17. The second kappa shape index (κ2) is 19.0. The van der Waals surface area contributed by atoms with Gasteiger partial charge in [0.1, 0.15) is 0 Å². The molecule has 0 aromatic heterocycles. The molecule has 1 aromatic carbocycles. The van der Waals surface area contributed by atoms with Crippen molar-refractivity contribution in [1.29, 1.82) is 5.53 Å². The van der Waals surface area contributed by atoms with Crippen LogP contribution in [-0.2, 0) is 11.8 Å². The van der Waals surface area contributed by atoms with Crippen molar-refractivity contribution in [3.8, 4) is 0 Å². The lowest BCUT2D eigenvalue weighted by molar-refractivity contribution is 0.0153. The van der Waals surface area contributed by atoms with Crippen molar-refractivity contribution in [2.24, 2.45) is 84.3 Å². The quantitative estimate of drug-likeness (QED) is 0.166. The Morgan fingerprint density at radius 3 is 1.81 bits per heavy atom. The van der Waals surface area contributed by atoms with E-state index in [2.05, 4.69) is 189 Å². The van der Waals surface area contributed by atoms with Gasteiger partial charge in [0.15, 0.2) is 0 Å². The zero-order valence-electron chi connectivity index (χ0n) is 25.1. The molecule has 1 aliphatic heterocycles. The molecule has 0 radical (unpaired) electrons. The van der Waals surface area contributed by atoms with Crippen LogP contribution in [0.25, 0.3) is 0 Å². The van der Waals surface area contributed by atoms with Crippen LogP contribution in [0.15, 0.2) is 195 Å². The smallest absolute Gasteiger partial charge is 0.0903 e. The first-order chi connectivity index (χ1) is 23.8. The van der Waals surface area contributed by atoms with Gasteiger partial charge in [-0.25, -0.2) is 5.01 Å². The number of nitrogens with one attached hydrogen (secondary N) is 1. The highest BCUT2D eigenvalue weighted by Crippen LogP contribution is 2.58. The van der Waals surface area contributed by atoms with E-state index < -0.39 is 0 Å². The van der Waals surface area contributed by atoms with E-state index in [9.17, 15) is 0 Å². The zero-order valence-corrected chi connectivity index (χ0v) is 25.1. The highest BCUT2D eigenvalue weighted by molar-refractivity contribution is 5.43. The summed E-state index contributed by atoms with van der Waals surface area (Å²) in [6, 6.07) is 8.64. The Hall–Kier alpha value is -7.52. The van der Waals surface area contributed by atoms with Crippen molar-refractivity contribution < 1.29 is 0 Å². The molecule has 48 heavy (non-hydrogen) atoms. The van der Waals surface area contributed by atoms with Crippen LogP contribution in [-0.4, -0.2) is 11.1 Å².